The fourth-order valence-corrected chi connectivity index (χ4v) is 6.86. The van der Waals surface area contributed by atoms with Gasteiger partial charge in [0.05, 0.1) is 44.5 Å². The van der Waals surface area contributed by atoms with E-state index in [9.17, 15) is 16.8 Å². The zero-order valence-electron chi connectivity index (χ0n) is 28.3. The Labute approximate surface area is 292 Å². The highest BCUT2D eigenvalue weighted by Gasteiger charge is 2.26. The van der Waals surface area contributed by atoms with Gasteiger partial charge in [0, 0.05) is 76.9 Å². The average Bonchev–Trinajstić information content (AvgIpc) is 3.89. The van der Waals surface area contributed by atoms with Gasteiger partial charge in [-0.25, -0.2) is 32.3 Å². The molecule has 1 aromatic carbocycles. The van der Waals surface area contributed by atoms with Gasteiger partial charge < -0.3 is 14.4 Å². The molecule has 268 valence electrons. The highest BCUT2D eigenvalue weighted by atomic mass is 32.2. The molecule has 0 N–H and O–H groups in total. The van der Waals surface area contributed by atoms with Crippen LogP contribution in [0.4, 0.5) is 15.9 Å². The van der Waals surface area contributed by atoms with Gasteiger partial charge in [0.1, 0.15) is 35.3 Å². The van der Waals surface area contributed by atoms with Crippen molar-refractivity contribution in [1.82, 2.24) is 51.3 Å². The summed E-state index contributed by atoms with van der Waals surface area (Å²) in [5.74, 6) is -0.0862. The second kappa shape index (κ2) is 13.7. The first kappa shape index (κ1) is 35.3. The van der Waals surface area contributed by atoms with Crippen molar-refractivity contribution in [3.8, 4) is 22.8 Å². The monoisotopic (exact) mass is 740 g/mol. The number of nitrogens with zero attached hydrogens (tertiary/aromatic N) is 12. The maximum absolute atomic E-state index is 16.0. The maximum atomic E-state index is 16.0. The number of fused-ring (bicyclic) bond motifs is 1. The number of methoxy groups -OCH3 is 2. The molecule has 18 nitrogen and oxygen atoms in total. The minimum absolute atomic E-state index is 0.0325. The van der Waals surface area contributed by atoms with E-state index in [0.29, 0.717) is 16.8 Å². The molecule has 0 spiro atoms. The fraction of sp³-hybridized carbons (Fsp3) is 0.267. The van der Waals surface area contributed by atoms with Crippen LogP contribution in [-0.4, -0.2) is 111 Å². The minimum Gasteiger partial charge on any atom is -0.497 e. The molecule has 0 radical (unpaired) electrons. The lowest BCUT2D eigenvalue weighted by atomic mass is 10.2. The van der Waals surface area contributed by atoms with Crippen molar-refractivity contribution in [2.75, 3.05) is 47.3 Å². The van der Waals surface area contributed by atoms with Crippen LogP contribution in [0.1, 0.15) is 11.6 Å². The number of halogens is 1. The topological polar surface area (TPSA) is 189 Å². The van der Waals surface area contributed by atoms with Gasteiger partial charge in [-0.05, 0) is 12.1 Å². The molecule has 21 heteroatoms. The number of ether oxygens (including phenoxy) is 2. The van der Waals surface area contributed by atoms with Gasteiger partial charge in [-0.1, -0.05) is 0 Å². The molecule has 51 heavy (non-hydrogen) atoms. The average molecular weight is 741 g/mol. The molecule has 6 rings (SSSR count). The zero-order chi connectivity index (χ0) is 36.7. The van der Waals surface area contributed by atoms with E-state index in [2.05, 4.69) is 20.1 Å². The molecule has 0 aliphatic heterocycles. The second-order valence-corrected chi connectivity index (χ2v) is 15.3. The number of aromatic nitrogens is 9. The standard InChI is InChI=1S/C30H33FN12O6S2/c1-38(2)50(44,45)42-11-9-32-27(42)18-40-17-20(15-35-40)23-16-34-22-7-8-26(37-30(22)36-23)41(24-13-21(48-5)14-25(49-6)29(24)31)19-28-33-10-12-43(28)51(46,47)39(3)4/h7-17H,18-19H2,1-6H3. The molecule has 5 aromatic heterocycles. The van der Waals surface area contributed by atoms with Gasteiger partial charge in [-0.15, -0.1) is 0 Å². The van der Waals surface area contributed by atoms with Crippen LogP contribution in [0.2, 0.25) is 0 Å². The number of imidazole rings is 2. The predicted molar refractivity (Wildman–Crippen MR) is 183 cm³/mol. The summed E-state index contributed by atoms with van der Waals surface area (Å²) >= 11 is 0. The third-order valence-electron chi connectivity index (χ3n) is 7.72. The number of benzene rings is 1. The molecule has 0 fully saturated rings. The Morgan fingerprint density at radius 3 is 2.14 bits per heavy atom. The van der Waals surface area contributed by atoms with E-state index in [4.69, 9.17) is 19.4 Å². The Morgan fingerprint density at radius 1 is 0.824 bits per heavy atom. The van der Waals surface area contributed by atoms with Crippen LogP contribution in [0.3, 0.4) is 0 Å². The van der Waals surface area contributed by atoms with E-state index in [1.807, 2.05) is 0 Å². The number of pyridine rings is 1. The molecule has 0 unspecified atom stereocenters. The van der Waals surface area contributed by atoms with Crippen molar-refractivity contribution in [2.45, 2.75) is 13.1 Å². The van der Waals surface area contributed by atoms with E-state index in [1.54, 1.807) is 24.5 Å². The van der Waals surface area contributed by atoms with Crippen LogP contribution in [0.15, 0.2) is 67.6 Å². The summed E-state index contributed by atoms with van der Waals surface area (Å²) in [4.78, 5) is 23.8. The summed E-state index contributed by atoms with van der Waals surface area (Å²) in [7, 11) is 0.597. The third kappa shape index (κ3) is 6.70. The predicted octanol–water partition coefficient (Wildman–Crippen LogP) is 2.13. The van der Waals surface area contributed by atoms with Crippen LogP contribution in [0.5, 0.6) is 11.5 Å². The van der Waals surface area contributed by atoms with Gasteiger partial charge in [-0.2, -0.15) is 30.5 Å². The largest absolute Gasteiger partial charge is 0.497 e. The highest BCUT2D eigenvalue weighted by Crippen LogP contribution is 2.37. The molecule has 0 saturated heterocycles. The first-order valence-electron chi connectivity index (χ1n) is 15.0. The van der Waals surface area contributed by atoms with Crippen LogP contribution in [0, 0.1) is 5.82 Å². The number of hydrogen-bond acceptors (Lipinski definition) is 13. The van der Waals surface area contributed by atoms with Gasteiger partial charge in [0.15, 0.2) is 17.2 Å². The highest BCUT2D eigenvalue weighted by molar-refractivity contribution is 7.87. The number of hydrogen-bond donors (Lipinski definition) is 0. The third-order valence-corrected chi connectivity index (χ3v) is 11.2. The summed E-state index contributed by atoms with van der Waals surface area (Å²) in [5.41, 5.74) is 1.54. The van der Waals surface area contributed by atoms with Crippen LogP contribution in [-0.2, 0) is 33.5 Å². The zero-order valence-corrected chi connectivity index (χ0v) is 29.9. The van der Waals surface area contributed by atoms with Crippen molar-refractivity contribution in [1.29, 1.82) is 0 Å². The fourth-order valence-electron chi connectivity index (χ4n) is 5.00. The van der Waals surface area contributed by atoms with Gasteiger partial charge in [-0.3, -0.25) is 9.67 Å². The Hall–Kier alpha value is -5.51. The molecular weight excluding hydrogens is 708 g/mol. The van der Waals surface area contributed by atoms with E-state index in [0.717, 1.165) is 16.6 Å². The summed E-state index contributed by atoms with van der Waals surface area (Å²) in [6, 6.07) is 6.06. The number of rotatable bonds is 13. The molecule has 6 aromatic rings. The Kier molecular flexibility index (Phi) is 9.46. The molecule has 5 heterocycles. The lowest BCUT2D eigenvalue weighted by molar-refractivity contribution is 0.374. The summed E-state index contributed by atoms with van der Waals surface area (Å²) in [6.45, 7) is -0.196. The van der Waals surface area contributed by atoms with Crippen molar-refractivity contribution >= 4 is 43.1 Å². The lowest BCUT2D eigenvalue weighted by Crippen LogP contribution is -2.31. The van der Waals surface area contributed by atoms with Gasteiger partial charge in [0.25, 0.3) is 0 Å². The molecule has 0 bridgehead atoms. The summed E-state index contributed by atoms with van der Waals surface area (Å²) < 4.78 is 84.0. The maximum Gasteiger partial charge on any atom is 0.308 e. The van der Waals surface area contributed by atoms with E-state index in [-0.39, 0.29) is 53.4 Å². The van der Waals surface area contributed by atoms with Crippen LogP contribution in [0.25, 0.3) is 22.4 Å². The van der Waals surface area contributed by atoms with Crippen molar-refractivity contribution in [3.63, 3.8) is 0 Å². The normalized spacial score (nSPS) is 12.3. The van der Waals surface area contributed by atoms with Gasteiger partial charge in [0.2, 0.25) is 0 Å². The second-order valence-electron chi connectivity index (χ2n) is 11.3. The van der Waals surface area contributed by atoms with E-state index in [1.165, 1.54) is 95.1 Å². The Morgan fingerprint density at radius 2 is 1.49 bits per heavy atom. The van der Waals surface area contributed by atoms with Crippen molar-refractivity contribution < 1.29 is 30.7 Å². The van der Waals surface area contributed by atoms with Crippen LogP contribution >= 0.6 is 0 Å². The molecule has 0 saturated carbocycles. The van der Waals surface area contributed by atoms with Gasteiger partial charge >= 0.3 is 20.4 Å². The van der Waals surface area contributed by atoms with E-state index < -0.39 is 26.2 Å². The summed E-state index contributed by atoms with van der Waals surface area (Å²) in [5, 5.41) is 4.36. The first-order chi connectivity index (χ1) is 24.2. The Bertz CT molecular complexity index is 2440. The van der Waals surface area contributed by atoms with E-state index >= 15 is 4.39 Å². The Balaban J connectivity index is 1.40. The smallest absolute Gasteiger partial charge is 0.308 e. The SMILES string of the molecule is COc1cc(OC)c(F)c(N(Cc2nccn2S(=O)(=O)N(C)C)c2ccc3ncc(-c4cnn(Cc5nccn5S(=O)(=O)N(C)C)c4)nc3n2)c1. The summed E-state index contributed by atoms with van der Waals surface area (Å²) in [6.07, 6.45) is 10.1. The minimum atomic E-state index is -3.98. The molecular formula is C30H33FN12O6S2. The molecule has 0 aliphatic carbocycles. The molecule has 0 atom stereocenters. The van der Waals surface area contributed by atoms with Crippen molar-refractivity contribution in [3.05, 3.63) is 85.1 Å². The number of anilines is 2. The molecule has 0 amide bonds. The first-order valence-corrected chi connectivity index (χ1v) is 17.8. The lowest BCUT2D eigenvalue weighted by Gasteiger charge is -2.26. The molecule has 0 aliphatic rings. The van der Waals surface area contributed by atoms with Crippen LogP contribution < -0.4 is 14.4 Å². The van der Waals surface area contributed by atoms with Crippen molar-refractivity contribution in [2.24, 2.45) is 0 Å². The quantitative estimate of drug-likeness (QED) is 0.168.